The fourth-order valence-electron chi connectivity index (χ4n) is 4.01. The standard InChI is InChI=1S/C31H36N4O4/c1-31(2,17-16-23-8-12-27(13-9-23)39-28-14-10-25(11-15-28)30(32)37)33-18-26(36)22-38-29-19-34-35(21-29)20-24-6-4-3-5-7-24/h3-15,19,21,26,33,36H,16-18,20,22H2,1-2H3,(H2,32,37). The molecule has 1 aromatic heterocycles. The second-order valence-electron chi connectivity index (χ2n) is 10.2. The summed E-state index contributed by atoms with van der Waals surface area (Å²) in [5.41, 5.74) is 7.91. The number of rotatable bonds is 14. The van der Waals surface area contributed by atoms with Crippen molar-refractivity contribution >= 4 is 5.91 Å². The number of nitrogens with zero attached hydrogens (tertiary/aromatic N) is 2. The molecule has 0 spiro atoms. The van der Waals surface area contributed by atoms with Crippen molar-refractivity contribution in [3.8, 4) is 17.2 Å². The first-order chi connectivity index (χ1) is 18.8. The van der Waals surface area contributed by atoms with Crippen molar-refractivity contribution < 1.29 is 19.4 Å². The summed E-state index contributed by atoms with van der Waals surface area (Å²) in [4.78, 5) is 11.2. The van der Waals surface area contributed by atoms with E-state index >= 15 is 0 Å². The first-order valence-electron chi connectivity index (χ1n) is 13.0. The minimum Gasteiger partial charge on any atom is -0.488 e. The third kappa shape index (κ3) is 8.98. The van der Waals surface area contributed by atoms with Gasteiger partial charge in [-0.3, -0.25) is 9.48 Å². The number of aryl methyl sites for hydroxylation is 1. The van der Waals surface area contributed by atoms with Crippen LogP contribution in [0.3, 0.4) is 0 Å². The van der Waals surface area contributed by atoms with Gasteiger partial charge in [-0.15, -0.1) is 0 Å². The van der Waals surface area contributed by atoms with Crippen molar-refractivity contribution in [2.75, 3.05) is 13.2 Å². The highest BCUT2D eigenvalue weighted by molar-refractivity contribution is 5.92. The number of nitrogens with two attached hydrogens (primary N) is 1. The minimum absolute atomic E-state index is 0.168. The summed E-state index contributed by atoms with van der Waals surface area (Å²) < 4.78 is 13.4. The van der Waals surface area contributed by atoms with Gasteiger partial charge in [0.1, 0.15) is 24.2 Å². The fraction of sp³-hybridized carbons (Fsp3) is 0.290. The van der Waals surface area contributed by atoms with Gasteiger partial charge in [-0.2, -0.15) is 5.10 Å². The predicted molar refractivity (Wildman–Crippen MR) is 151 cm³/mol. The van der Waals surface area contributed by atoms with Gasteiger partial charge in [0.2, 0.25) is 5.91 Å². The molecule has 4 aromatic rings. The number of amides is 1. The quantitative estimate of drug-likeness (QED) is 0.221. The number of aliphatic hydroxyl groups excluding tert-OH is 1. The Bertz CT molecular complexity index is 1320. The maximum atomic E-state index is 11.2. The molecule has 204 valence electrons. The second-order valence-corrected chi connectivity index (χ2v) is 10.2. The van der Waals surface area contributed by atoms with Crippen molar-refractivity contribution in [3.63, 3.8) is 0 Å². The van der Waals surface area contributed by atoms with Crippen LogP contribution in [-0.2, 0) is 13.0 Å². The monoisotopic (exact) mass is 528 g/mol. The summed E-state index contributed by atoms with van der Waals surface area (Å²) in [6.45, 7) is 5.53. The normalized spacial score (nSPS) is 12.2. The van der Waals surface area contributed by atoms with E-state index in [2.05, 4.69) is 36.4 Å². The Labute approximate surface area is 229 Å². The van der Waals surface area contributed by atoms with Crippen LogP contribution in [0.2, 0.25) is 0 Å². The number of hydrogen-bond donors (Lipinski definition) is 3. The van der Waals surface area contributed by atoms with Gasteiger partial charge in [0, 0.05) is 17.6 Å². The Balaban J connectivity index is 1.16. The molecule has 0 aliphatic carbocycles. The molecule has 3 aromatic carbocycles. The summed E-state index contributed by atoms with van der Waals surface area (Å²) in [5, 5.41) is 18.2. The number of carbonyl (C=O) groups excluding carboxylic acids is 1. The Kier molecular flexibility index (Phi) is 9.35. The highest BCUT2D eigenvalue weighted by Gasteiger charge is 2.19. The number of nitrogens with one attached hydrogen (secondary N) is 1. The van der Waals surface area contributed by atoms with Gasteiger partial charge in [0.05, 0.1) is 18.9 Å². The zero-order valence-corrected chi connectivity index (χ0v) is 22.4. The topological polar surface area (TPSA) is 112 Å². The van der Waals surface area contributed by atoms with E-state index in [4.69, 9.17) is 15.2 Å². The molecule has 1 amide bonds. The molecular weight excluding hydrogens is 492 g/mol. The molecule has 8 heteroatoms. The minimum atomic E-state index is -0.643. The molecule has 0 aliphatic rings. The van der Waals surface area contributed by atoms with Gasteiger partial charge in [0.15, 0.2) is 5.75 Å². The number of hydrogen-bond acceptors (Lipinski definition) is 6. The molecule has 1 atom stereocenters. The lowest BCUT2D eigenvalue weighted by Gasteiger charge is -2.28. The number of ether oxygens (including phenoxy) is 2. The largest absolute Gasteiger partial charge is 0.488 e. The van der Waals surface area contributed by atoms with Crippen LogP contribution < -0.4 is 20.5 Å². The SMILES string of the molecule is CC(C)(CCc1ccc(Oc2ccc(C(N)=O)cc2)cc1)NCC(O)COc1cnn(Cc2ccccc2)c1. The van der Waals surface area contributed by atoms with E-state index in [1.807, 2.05) is 53.3 Å². The Morgan fingerprint density at radius 3 is 2.31 bits per heavy atom. The average Bonchev–Trinajstić information content (AvgIpc) is 3.38. The first kappa shape index (κ1) is 27.9. The number of aromatic nitrogens is 2. The zero-order chi connectivity index (χ0) is 27.7. The van der Waals surface area contributed by atoms with Crippen molar-refractivity contribution in [2.45, 2.75) is 44.9 Å². The molecule has 8 nitrogen and oxygen atoms in total. The van der Waals surface area contributed by atoms with E-state index < -0.39 is 12.0 Å². The Morgan fingerprint density at radius 1 is 0.974 bits per heavy atom. The molecule has 1 heterocycles. The number of β-amino-alcohol motifs (C(OH)–C–C–N with tert-alkyl or cyclic N) is 1. The summed E-state index contributed by atoms with van der Waals surface area (Å²) in [7, 11) is 0. The van der Waals surface area contributed by atoms with Crippen molar-refractivity contribution in [1.29, 1.82) is 0 Å². The van der Waals surface area contributed by atoms with Gasteiger partial charge in [-0.05, 0) is 74.2 Å². The predicted octanol–water partition coefficient (Wildman–Crippen LogP) is 4.56. The van der Waals surface area contributed by atoms with Crippen LogP contribution in [0.25, 0.3) is 0 Å². The number of aliphatic hydroxyl groups is 1. The van der Waals surface area contributed by atoms with E-state index in [0.29, 0.717) is 30.2 Å². The lowest BCUT2D eigenvalue weighted by atomic mass is 9.95. The second kappa shape index (κ2) is 13.1. The molecule has 0 aliphatic heterocycles. The van der Waals surface area contributed by atoms with Crippen LogP contribution in [0.4, 0.5) is 0 Å². The summed E-state index contributed by atoms with van der Waals surface area (Å²) in [6.07, 6.45) is 4.63. The third-order valence-corrected chi connectivity index (χ3v) is 6.39. The maximum Gasteiger partial charge on any atom is 0.248 e. The summed E-state index contributed by atoms with van der Waals surface area (Å²) in [6, 6.07) is 24.8. The summed E-state index contributed by atoms with van der Waals surface area (Å²) in [5.74, 6) is 1.53. The number of benzene rings is 3. The average molecular weight is 529 g/mol. The van der Waals surface area contributed by atoms with Crippen LogP contribution >= 0.6 is 0 Å². The lowest BCUT2D eigenvalue weighted by Crippen LogP contribution is -2.45. The number of carbonyl (C=O) groups is 1. The van der Waals surface area contributed by atoms with E-state index in [1.165, 1.54) is 5.56 Å². The van der Waals surface area contributed by atoms with E-state index in [-0.39, 0.29) is 12.1 Å². The highest BCUT2D eigenvalue weighted by atomic mass is 16.5. The van der Waals surface area contributed by atoms with Crippen molar-refractivity contribution in [2.24, 2.45) is 5.73 Å². The van der Waals surface area contributed by atoms with Crippen LogP contribution in [0.15, 0.2) is 91.3 Å². The lowest BCUT2D eigenvalue weighted by molar-refractivity contribution is 0.0981. The molecule has 0 saturated heterocycles. The molecule has 0 radical (unpaired) electrons. The highest BCUT2D eigenvalue weighted by Crippen LogP contribution is 2.23. The third-order valence-electron chi connectivity index (χ3n) is 6.39. The molecule has 4 N–H and O–H groups in total. The molecule has 1 unspecified atom stereocenters. The van der Waals surface area contributed by atoms with Gasteiger partial charge in [-0.25, -0.2) is 0 Å². The smallest absolute Gasteiger partial charge is 0.248 e. The molecular formula is C31H36N4O4. The Morgan fingerprint density at radius 2 is 1.64 bits per heavy atom. The van der Waals surface area contributed by atoms with Crippen molar-refractivity contribution in [3.05, 3.63) is 108 Å². The zero-order valence-electron chi connectivity index (χ0n) is 22.4. The van der Waals surface area contributed by atoms with Gasteiger partial charge in [-0.1, -0.05) is 42.5 Å². The summed E-state index contributed by atoms with van der Waals surface area (Å²) >= 11 is 0. The van der Waals surface area contributed by atoms with Gasteiger partial charge >= 0.3 is 0 Å². The van der Waals surface area contributed by atoms with Gasteiger partial charge in [0.25, 0.3) is 0 Å². The van der Waals surface area contributed by atoms with Gasteiger partial charge < -0.3 is 25.6 Å². The van der Waals surface area contributed by atoms with Crippen LogP contribution in [0, 0.1) is 0 Å². The molecule has 0 saturated carbocycles. The molecule has 0 fully saturated rings. The maximum absolute atomic E-state index is 11.2. The first-order valence-corrected chi connectivity index (χ1v) is 13.0. The van der Waals surface area contributed by atoms with Crippen LogP contribution in [0.1, 0.15) is 41.8 Å². The van der Waals surface area contributed by atoms with E-state index in [1.54, 1.807) is 30.5 Å². The fourth-order valence-corrected chi connectivity index (χ4v) is 4.01. The Hall–Kier alpha value is -4.14. The number of primary amides is 1. The molecule has 39 heavy (non-hydrogen) atoms. The van der Waals surface area contributed by atoms with E-state index in [0.717, 1.165) is 24.2 Å². The van der Waals surface area contributed by atoms with Crippen LogP contribution in [-0.4, -0.2) is 45.6 Å². The molecule has 4 rings (SSSR count). The molecule has 0 bridgehead atoms. The van der Waals surface area contributed by atoms with Crippen molar-refractivity contribution in [1.82, 2.24) is 15.1 Å². The van der Waals surface area contributed by atoms with Crippen LogP contribution in [0.5, 0.6) is 17.2 Å². The van der Waals surface area contributed by atoms with E-state index in [9.17, 15) is 9.90 Å².